The topological polar surface area (TPSA) is 42.1 Å². The van der Waals surface area contributed by atoms with E-state index in [1.54, 1.807) is 12.4 Å². The van der Waals surface area contributed by atoms with Crippen molar-refractivity contribution in [2.75, 3.05) is 23.7 Å². The molecule has 2 rings (SSSR count). The first-order valence-electron chi connectivity index (χ1n) is 4.56. The van der Waals surface area contributed by atoms with Crippen LogP contribution in [-0.4, -0.2) is 18.1 Å². The molecular formula is C10H12ClN3. The molecule has 1 aliphatic heterocycles. The van der Waals surface area contributed by atoms with E-state index in [4.69, 9.17) is 17.3 Å². The lowest BCUT2D eigenvalue weighted by molar-refractivity contribution is 0.813. The Morgan fingerprint density at radius 3 is 3.07 bits per heavy atom. The molecule has 1 aromatic rings. The van der Waals surface area contributed by atoms with Crippen molar-refractivity contribution < 1.29 is 0 Å². The third-order valence-corrected chi connectivity index (χ3v) is 2.55. The second kappa shape index (κ2) is 3.88. The summed E-state index contributed by atoms with van der Waals surface area (Å²) in [7, 11) is 0. The molecule has 0 unspecified atom stereocenters. The minimum absolute atomic E-state index is 0.707. The first-order valence-corrected chi connectivity index (χ1v) is 4.94. The smallest absolute Gasteiger partial charge is 0.0738 e. The van der Waals surface area contributed by atoms with Gasteiger partial charge in [0, 0.05) is 17.8 Å². The maximum Gasteiger partial charge on any atom is 0.0738 e. The number of aromatic nitrogens is 1. The number of nitrogens with zero attached hydrogens (tertiary/aromatic N) is 2. The zero-order valence-electron chi connectivity index (χ0n) is 7.78. The minimum atomic E-state index is 0.707. The summed E-state index contributed by atoms with van der Waals surface area (Å²) in [5.41, 5.74) is 7.56. The molecule has 0 radical (unpaired) electrons. The number of pyridine rings is 1. The van der Waals surface area contributed by atoms with Crippen LogP contribution in [0.5, 0.6) is 0 Å². The van der Waals surface area contributed by atoms with Gasteiger partial charge in [0.15, 0.2) is 0 Å². The molecule has 2 heterocycles. The van der Waals surface area contributed by atoms with Crippen LogP contribution < -0.4 is 10.6 Å². The van der Waals surface area contributed by atoms with E-state index in [-0.39, 0.29) is 0 Å². The van der Waals surface area contributed by atoms with Gasteiger partial charge in [0.25, 0.3) is 0 Å². The van der Waals surface area contributed by atoms with Gasteiger partial charge < -0.3 is 10.6 Å². The molecule has 14 heavy (non-hydrogen) atoms. The molecule has 0 amide bonds. The molecule has 2 N–H and O–H groups in total. The van der Waals surface area contributed by atoms with Gasteiger partial charge in [-0.25, -0.2) is 0 Å². The van der Waals surface area contributed by atoms with Gasteiger partial charge >= 0.3 is 0 Å². The Labute approximate surface area is 88.2 Å². The molecule has 1 aromatic heterocycles. The molecule has 0 saturated heterocycles. The number of hydrogen-bond acceptors (Lipinski definition) is 3. The lowest BCUT2D eigenvalue weighted by atomic mass is 10.2. The molecule has 0 atom stereocenters. The van der Waals surface area contributed by atoms with Crippen LogP contribution in [0.1, 0.15) is 6.42 Å². The van der Waals surface area contributed by atoms with Crippen LogP contribution in [0, 0.1) is 0 Å². The highest BCUT2D eigenvalue weighted by molar-refractivity contribution is 6.30. The maximum absolute atomic E-state index is 5.98. The van der Waals surface area contributed by atoms with Crippen molar-refractivity contribution in [1.82, 2.24) is 4.98 Å². The molecule has 0 saturated carbocycles. The van der Waals surface area contributed by atoms with Gasteiger partial charge in [-0.1, -0.05) is 17.7 Å². The van der Waals surface area contributed by atoms with Crippen LogP contribution >= 0.6 is 11.6 Å². The van der Waals surface area contributed by atoms with Crippen LogP contribution in [0.3, 0.4) is 0 Å². The third kappa shape index (κ3) is 1.82. The Kier molecular flexibility index (Phi) is 2.59. The van der Waals surface area contributed by atoms with Crippen molar-refractivity contribution in [3.05, 3.63) is 29.6 Å². The number of nitrogens with two attached hydrogens (primary N) is 1. The molecule has 0 fully saturated rings. The van der Waals surface area contributed by atoms with E-state index in [2.05, 4.69) is 16.0 Å². The Hall–Kier alpha value is -1.22. The molecule has 0 spiro atoms. The molecule has 74 valence electrons. The largest absolute Gasteiger partial charge is 0.396 e. The minimum Gasteiger partial charge on any atom is -0.396 e. The first kappa shape index (κ1) is 9.34. The molecule has 1 aliphatic rings. The van der Waals surface area contributed by atoms with Crippen molar-refractivity contribution in [3.8, 4) is 0 Å². The standard InChI is InChI=1S/C10H12ClN3/c11-8-2-1-5-14(7-8)10-3-4-13-6-9(10)12/h2-4,6H,1,5,7,12H2. The van der Waals surface area contributed by atoms with Crippen LogP contribution in [0.25, 0.3) is 0 Å². The average molecular weight is 210 g/mol. The summed E-state index contributed by atoms with van der Waals surface area (Å²) in [6.07, 6.45) is 6.44. The van der Waals surface area contributed by atoms with E-state index < -0.39 is 0 Å². The van der Waals surface area contributed by atoms with Crippen LogP contribution in [-0.2, 0) is 0 Å². The Morgan fingerprint density at radius 2 is 2.36 bits per heavy atom. The van der Waals surface area contributed by atoms with E-state index in [1.807, 2.05) is 6.07 Å². The highest BCUT2D eigenvalue weighted by Crippen LogP contribution is 2.25. The highest BCUT2D eigenvalue weighted by atomic mass is 35.5. The van der Waals surface area contributed by atoms with E-state index in [0.717, 1.165) is 30.2 Å². The molecule has 3 nitrogen and oxygen atoms in total. The molecule has 0 bridgehead atoms. The third-order valence-electron chi connectivity index (χ3n) is 2.28. The van der Waals surface area contributed by atoms with Gasteiger partial charge in [-0.05, 0) is 12.5 Å². The first-order chi connectivity index (χ1) is 6.77. The summed E-state index contributed by atoms with van der Waals surface area (Å²) in [6, 6.07) is 1.92. The maximum atomic E-state index is 5.98. The zero-order valence-corrected chi connectivity index (χ0v) is 8.54. The fourth-order valence-corrected chi connectivity index (χ4v) is 1.85. The van der Waals surface area contributed by atoms with Crippen molar-refractivity contribution >= 4 is 23.0 Å². The fraction of sp³-hybridized carbons (Fsp3) is 0.300. The second-order valence-electron chi connectivity index (χ2n) is 3.30. The van der Waals surface area contributed by atoms with E-state index in [1.165, 1.54) is 0 Å². The number of halogens is 1. The van der Waals surface area contributed by atoms with Crippen LogP contribution in [0.2, 0.25) is 0 Å². The lowest BCUT2D eigenvalue weighted by Crippen LogP contribution is -2.29. The summed E-state index contributed by atoms with van der Waals surface area (Å²) in [5, 5.41) is 0.882. The van der Waals surface area contributed by atoms with Gasteiger partial charge in [-0.3, -0.25) is 4.98 Å². The van der Waals surface area contributed by atoms with E-state index in [9.17, 15) is 0 Å². The second-order valence-corrected chi connectivity index (χ2v) is 3.78. The summed E-state index contributed by atoms with van der Waals surface area (Å²) < 4.78 is 0. The van der Waals surface area contributed by atoms with Gasteiger partial charge in [0.05, 0.1) is 24.1 Å². The average Bonchev–Trinajstić information content (AvgIpc) is 2.18. The van der Waals surface area contributed by atoms with E-state index in [0.29, 0.717) is 5.69 Å². The molecule has 0 aliphatic carbocycles. The number of anilines is 2. The summed E-state index contributed by atoms with van der Waals surface area (Å²) in [4.78, 5) is 6.13. The van der Waals surface area contributed by atoms with Gasteiger partial charge in [-0.2, -0.15) is 0 Å². The molecule has 4 heteroatoms. The quantitative estimate of drug-likeness (QED) is 0.769. The van der Waals surface area contributed by atoms with Gasteiger partial charge in [-0.15, -0.1) is 0 Å². The predicted octanol–water partition coefficient (Wildman–Crippen LogP) is 2.00. The summed E-state index contributed by atoms with van der Waals surface area (Å²) in [6.45, 7) is 1.71. The zero-order chi connectivity index (χ0) is 9.97. The molecule has 0 aromatic carbocycles. The number of rotatable bonds is 1. The Balaban J connectivity index is 2.24. The van der Waals surface area contributed by atoms with Crippen molar-refractivity contribution in [2.45, 2.75) is 6.42 Å². The van der Waals surface area contributed by atoms with E-state index >= 15 is 0 Å². The summed E-state index contributed by atoms with van der Waals surface area (Å²) >= 11 is 5.98. The Bertz CT molecular complexity index is 362. The van der Waals surface area contributed by atoms with Crippen molar-refractivity contribution in [3.63, 3.8) is 0 Å². The van der Waals surface area contributed by atoms with Crippen molar-refractivity contribution in [1.29, 1.82) is 0 Å². The van der Waals surface area contributed by atoms with Gasteiger partial charge in [0.1, 0.15) is 0 Å². The fourth-order valence-electron chi connectivity index (χ4n) is 1.60. The van der Waals surface area contributed by atoms with Crippen molar-refractivity contribution in [2.24, 2.45) is 0 Å². The number of hydrogen-bond donors (Lipinski definition) is 1. The number of nitrogen functional groups attached to an aromatic ring is 1. The van der Waals surface area contributed by atoms with Crippen LogP contribution in [0.4, 0.5) is 11.4 Å². The highest BCUT2D eigenvalue weighted by Gasteiger charge is 2.13. The lowest BCUT2D eigenvalue weighted by Gasteiger charge is -2.28. The molecular weight excluding hydrogens is 198 g/mol. The van der Waals surface area contributed by atoms with Gasteiger partial charge in [0.2, 0.25) is 0 Å². The summed E-state index contributed by atoms with van der Waals surface area (Å²) in [5.74, 6) is 0. The predicted molar refractivity (Wildman–Crippen MR) is 59.4 cm³/mol. The van der Waals surface area contributed by atoms with Crippen LogP contribution in [0.15, 0.2) is 29.6 Å². The normalized spacial score (nSPS) is 16.6. The SMILES string of the molecule is Nc1cnccc1N1CCC=C(Cl)C1. The Morgan fingerprint density at radius 1 is 1.50 bits per heavy atom. The monoisotopic (exact) mass is 209 g/mol.